The molecule has 0 atom stereocenters. The maximum atomic E-state index is 3.48. The number of anilines is 1. The average molecular weight is 214 g/mol. The highest BCUT2D eigenvalue weighted by atomic mass is 15.0. The van der Waals surface area contributed by atoms with E-state index in [2.05, 4.69) is 67.3 Å². The Morgan fingerprint density at radius 1 is 1.12 bits per heavy atom. The van der Waals surface area contributed by atoms with Gasteiger partial charge in [0.25, 0.3) is 0 Å². The fraction of sp³-hybridized carbons (Fsp3) is 0.286. The van der Waals surface area contributed by atoms with Crippen LogP contribution in [0.4, 0.5) is 5.69 Å². The third-order valence-corrected chi connectivity index (χ3v) is 3.12. The second-order valence-electron chi connectivity index (χ2n) is 4.21. The predicted octanol–water partition coefficient (Wildman–Crippen LogP) is 3.25. The Morgan fingerprint density at radius 3 is 2.62 bits per heavy atom. The Morgan fingerprint density at radius 2 is 1.94 bits per heavy atom. The molecule has 0 radical (unpaired) electrons. The summed E-state index contributed by atoms with van der Waals surface area (Å²) in [5.74, 6) is 0. The first kappa shape index (κ1) is 10.8. The summed E-state index contributed by atoms with van der Waals surface area (Å²) in [7, 11) is 2.07. The summed E-state index contributed by atoms with van der Waals surface area (Å²) in [6.07, 6.45) is 2.07. The van der Waals surface area contributed by atoms with Crippen molar-refractivity contribution < 1.29 is 0 Å². The van der Waals surface area contributed by atoms with Gasteiger partial charge in [0.15, 0.2) is 0 Å². The molecule has 0 spiro atoms. The fourth-order valence-corrected chi connectivity index (χ4v) is 1.81. The van der Waals surface area contributed by atoms with Crippen LogP contribution in [0, 0.1) is 13.8 Å². The van der Waals surface area contributed by atoms with E-state index in [0.29, 0.717) is 0 Å². The molecule has 1 heterocycles. The van der Waals surface area contributed by atoms with Gasteiger partial charge in [-0.3, -0.25) is 0 Å². The molecule has 1 aromatic heterocycles. The van der Waals surface area contributed by atoms with E-state index in [4.69, 9.17) is 0 Å². The lowest BCUT2D eigenvalue weighted by molar-refractivity contribution is 0.842. The monoisotopic (exact) mass is 214 g/mol. The highest BCUT2D eigenvalue weighted by molar-refractivity contribution is 5.53. The number of hydrogen-bond acceptors (Lipinski definition) is 1. The standard InChI is InChI=1S/C14H18N2/c1-11-6-4-8-14(12(11)2)15-10-13-7-5-9-16(13)3/h4-9,15H,10H2,1-3H3. The maximum absolute atomic E-state index is 3.48. The van der Waals surface area contributed by atoms with E-state index in [1.54, 1.807) is 0 Å². The van der Waals surface area contributed by atoms with Gasteiger partial charge in [0.1, 0.15) is 0 Å². The molecule has 0 saturated carbocycles. The molecule has 0 aliphatic heterocycles. The minimum atomic E-state index is 0.869. The fourth-order valence-electron chi connectivity index (χ4n) is 1.81. The molecule has 2 aromatic rings. The van der Waals surface area contributed by atoms with E-state index in [-0.39, 0.29) is 0 Å². The first-order valence-electron chi connectivity index (χ1n) is 5.59. The Kier molecular flexibility index (Phi) is 3.00. The van der Waals surface area contributed by atoms with E-state index in [9.17, 15) is 0 Å². The molecule has 1 aromatic carbocycles. The van der Waals surface area contributed by atoms with Gasteiger partial charge in [0.05, 0.1) is 6.54 Å². The molecule has 0 aliphatic rings. The number of aromatic nitrogens is 1. The Hall–Kier alpha value is -1.70. The molecular weight excluding hydrogens is 196 g/mol. The molecule has 0 bridgehead atoms. The van der Waals surface area contributed by atoms with Gasteiger partial charge < -0.3 is 9.88 Å². The van der Waals surface area contributed by atoms with Gasteiger partial charge in [-0.2, -0.15) is 0 Å². The van der Waals surface area contributed by atoms with Gasteiger partial charge in [0.2, 0.25) is 0 Å². The number of aryl methyl sites for hydroxylation is 2. The van der Waals surface area contributed by atoms with Gasteiger partial charge in [0, 0.05) is 24.6 Å². The van der Waals surface area contributed by atoms with Gasteiger partial charge in [-0.15, -0.1) is 0 Å². The Balaban J connectivity index is 2.11. The maximum Gasteiger partial charge on any atom is 0.0553 e. The van der Waals surface area contributed by atoms with Crippen molar-refractivity contribution in [1.29, 1.82) is 0 Å². The van der Waals surface area contributed by atoms with Crippen LogP contribution in [0.5, 0.6) is 0 Å². The number of benzene rings is 1. The van der Waals surface area contributed by atoms with Crippen molar-refractivity contribution in [3.63, 3.8) is 0 Å². The lowest BCUT2D eigenvalue weighted by atomic mass is 10.1. The average Bonchev–Trinajstić information content (AvgIpc) is 2.67. The molecule has 0 aliphatic carbocycles. The zero-order valence-electron chi connectivity index (χ0n) is 10.1. The number of hydrogen-bond donors (Lipinski definition) is 1. The first-order valence-corrected chi connectivity index (χ1v) is 5.59. The summed E-state index contributed by atoms with van der Waals surface area (Å²) in [6, 6.07) is 10.6. The summed E-state index contributed by atoms with van der Waals surface area (Å²) in [4.78, 5) is 0. The minimum absolute atomic E-state index is 0.869. The van der Waals surface area contributed by atoms with Crippen molar-refractivity contribution in [2.45, 2.75) is 20.4 Å². The molecule has 0 unspecified atom stereocenters. The van der Waals surface area contributed by atoms with Crippen molar-refractivity contribution >= 4 is 5.69 Å². The summed E-state index contributed by atoms with van der Waals surface area (Å²) < 4.78 is 2.14. The number of nitrogens with zero attached hydrogens (tertiary/aromatic N) is 1. The lowest BCUT2D eigenvalue weighted by Crippen LogP contribution is -2.05. The van der Waals surface area contributed by atoms with Crippen LogP contribution < -0.4 is 5.32 Å². The van der Waals surface area contributed by atoms with Crippen molar-refractivity contribution in [2.24, 2.45) is 7.05 Å². The van der Waals surface area contributed by atoms with Crippen LogP contribution in [0.2, 0.25) is 0 Å². The summed E-state index contributed by atoms with van der Waals surface area (Å²) in [5, 5.41) is 3.48. The molecule has 2 heteroatoms. The van der Waals surface area contributed by atoms with Crippen LogP contribution >= 0.6 is 0 Å². The molecule has 0 amide bonds. The van der Waals surface area contributed by atoms with Crippen molar-refractivity contribution in [2.75, 3.05) is 5.32 Å². The topological polar surface area (TPSA) is 17.0 Å². The summed E-state index contributed by atoms with van der Waals surface area (Å²) in [6.45, 7) is 5.17. The quantitative estimate of drug-likeness (QED) is 0.830. The predicted molar refractivity (Wildman–Crippen MR) is 68.7 cm³/mol. The highest BCUT2D eigenvalue weighted by Crippen LogP contribution is 2.18. The van der Waals surface area contributed by atoms with E-state index in [1.165, 1.54) is 22.5 Å². The summed E-state index contributed by atoms with van der Waals surface area (Å²) in [5.41, 5.74) is 5.18. The third kappa shape index (κ3) is 2.11. The van der Waals surface area contributed by atoms with Crippen molar-refractivity contribution in [1.82, 2.24) is 4.57 Å². The van der Waals surface area contributed by atoms with Crippen LogP contribution in [0.3, 0.4) is 0 Å². The molecular formula is C14H18N2. The molecule has 2 rings (SSSR count). The van der Waals surface area contributed by atoms with Crippen LogP contribution in [0.15, 0.2) is 36.5 Å². The van der Waals surface area contributed by atoms with Gasteiger partial charge in [-0.1, -0.05) is 12.1 Å². The van der Waals surface area contributed by atoms with Gasteiger partial charge >= 0.3 is 0 Å². The van der Waals surface area contributed by atoms with Crippen molar-refractivity contribution in [3.8, 4) is 0 Å². The van der Waals surface area contributed by atoms with E-state index in [0.717, 1.165) is 6.54 Å². The molecule has 16 heavy (non-hydrogen) atoms. The van der Waals surface area contributed by atoms with E-state index in [1.807, 2.05) is 0 Å². The normalized spacial score (nSPS) is 10.4. The molecule has 84 valence electrons. The summed E-state index contributed by atoms with van der Waals surface area (Å²) >= 11 is 0. The van der Waals surface area contributed by atoms with Gasteiger partial charge in [-0.05, 0) is 43.2 Å². The third-order valence-electron chi connectivity index (χ3n) is 3.12. The van der Waals surface area contributed by atoms with Crippen LogP contribution in [0.1, 0.15) is 16.8 Å². The molecule has 0 fully saturated rings. The minimum Gasteiger partial charge on any atom is -0.379 e. The smallest absolute Gasteiger partial charge is 0.0553 e. The van der Waals surface area contributed by atoms with Gasteiger partial charge in [-0.25, -0.2) is 0 Å². The van der Waals surface area contributed by atoms with Crippen LogP contribution in [-0.2, 0) is 13.6 Å². The number of rotatable bonds is 3. The largest absolute Gasteiger partial charge is 0.379 e. The van der Waals surface area contributed by atoms with E-state index >= 15 is 0 Å². The molecule has 2 nitrogen and oxygen atoms in total. The van der Waals surface area contributed by atoms with Crippen molar-refractivity contribution in [3.05, 3.63) is 53.3 Å². The second kappa shape index (κ2) is 4.44. The zero-order chi connectivity index (χ0) is 11.5. The van der Waals surface area contributed by atoms with E-state index < -0.39 is 0 Å². The van der Waals surface area contributed by atoms with Crippen LogP contribution in [0.25, 0.3) is 0 Å². The second-order valence-corrected chi connectivity index (χ2v) is 4.21. The first-order chi connectivity index (χ1) is 7.68. The Bertz CT molecular complexity index is 483. The number of nitrogens with one attached hydrogen (secondary N) is 1. The SMILES string of the molecule is Cc1cccc(NCc2cccn2C)c1C. The Labute approximate surface area is 96.9 Å². The highest BCUT2D eigenvalue weighted by Gasteiger charge is 2.01. The zero-order valence-corrected chi connectivity index (χ0v) is 10.1. The van der Waals surface area contributed by atoms with Crippen LogP contribution in [-0.4, -0.2) is 4.57 Å². The lowest BCUT2D eigenvalue weighted by Gasteiger charge is -2.11. The molecule has 1 N–H and O–H groups in total. The molecule has 0 saturated heterocycles.